The molecule has 0 fully saturated rings. The lowest BCUT2D eigenvalue weighted by Gasteiger charge is -2.42. The van der Waals surface area contributed by atoms with Crippen LogP contribution in [-0.4, -0.2) is 18.3 Å². The zero-order valence-corrected chi connectivity index (χ0v) is 14.1. The minimum Gasteiger partial charge on any atom is -0.352 e. The zero-order chi connectivity index (χ0) is 15.9. The van der Waals surface area contributed by atoms with Crippen LogP contribution in [0.15, 0.2) is 47.5 Å². The summed E-state index contributed by atoms with van der Waals surface area (Å²) in [6.45, 7) is 8.92. The second kappa shape index (κ2) is 5.28. The molecule has 0 aromatic heterocycles. The smallest absolute Gasteiger partial charge is 0.0919 e. The Morgan fingerprint density at radius 1 is 1.05 bits per heavy atom. The van der Waals surface area contributed by atoms with Gasteiger partial charge in [0.2, 0.25) is 0 Å². The fraction of sp³-hybridized carbons (Fsp3) is 0.350. The molecule has 1 aliphatic heterocycles. The van der Waals surface area contributed by atoms with Crippen molar-refractivity contribution in [1.82, 2.24) is 4.90 Å². The normalized spacial score (nSPS) is 20.4. The molecule has 0 saturated heterocycles. The lowest BCUT2D eigenvalue weighted by atomic mass is 9.79. The summed E-state index contributed by atoms with van der Waals surface area (Å²) >= 11 is 0. The summed E-state index contributed by atoms with van der Waals surface area (Å²) in [7, 11) is 2.11. The second-order valence-corrected chi connectivity index (χ2v) is 6.67. The summed E-state index contributed by atoms with van der Waals surface area (Å²) in [4.78, 5) is 6.88. The van der Waals surface area contributed by atoms with Crippen molar-refractivity contribution in [1.29, 1.82) is 0 Å². The third kappa shape index (κ3) is 2.14. The van der Waals surface area contributed by atoms with Crippen LogP contribution in [0.4, 0.5) is 5.69 Å². The minimum atomic E-state index is -0.183. The Labute approximate surface area is 133 Å². The maximum Gasteiger partial charge on any atom is 0.0919 e. The van der Waals surface area contributed by atoms with Gasteiger partial charge in [0.25, 0.3) is 0 Å². The number of hydrogen-bond acceptors (Lipinski definition) is 2. The van der Waals surface area contributed by atoms with Gasteiger partial charge in [-0.25, -0.2) is 4.99 Å². The molecule has 1 aliphatic rings. The van der Waals surface area contributed by atoms with Crippen molar-refractivity contribution in [3.63, 3.8) is 0 Å². The maximum atomic E-state index is 4.67. The SMILES string of the molecule is Cc1ccccc1C1(C)c2ccc(C(C)C)cc2N=CN1C. The van der Waals surface area contributed by atoms with Gasteiger partial charge < -0.3 is 4.90 Å². The summed E-state index contributed by atoms with van der Waals surface area (Å²) in [5, 5.41) is 0. The number of aliphatic imine (C=N–C) groups is 1. The molecule has 3 rings (SSSR count). The van der Waals surface area contributed by atoms with E-state index in [4.69, 9.17) is 0 Å². The van der Waals surface area contributed by atoms with Crippen LogP contribution in [0.5, 0.6) is 0 Å². The van der Waals surface area contributed by atoms with Crippen molar-refractivity contribution in [2.45, 2.75) is 39.2 Å². The van der Waals surface area contributed by atoms with E-state index in [1.807, 2.05) is 6.34 Å². The Morgan fingerprint density at radius 3 is 2.45 bits per heavy atom. The molecule has 0 bridgehead atoms. The summed E-state index contributed by atoms with van der Waals surface area (Å²) in [5.41, 5.74) is 6.17. The van der Waals surface area contributed by atoms with Gasteiger partial charge in [-0.3, -0.25) is 0 Å². The van der Waals surface area contributed by atoms with E-state index in [1.54, 1.807) is 0 Å². The molecule has 1 heterocycles. The van der Waals surface area contributed by atoms with Crippen LogP contribution in [0.3, 0.4) is 0 Å². The molecule has 2 heteroatoms. The minimum absolute atomic E-state index is 0.183. The quantitative estimate of drug-likeness (QED) is 0.761. The Hall–Kier alpha value is -2.09. The van der Waals surface area contributed by atoms with Crippen LogP contribution in [0.2, 0.25) is 0 Å². The molecule has 0 aliphatic carbocycles. The van der Waals surface area contributed by atoms with E-state index in [9.17, 15) is 0 Å². The van der Waals surface area contributed by atoms with E-state index in [-0.39, 0.29) is 5.54 Å². The third-order valence-corrected chi connectivity index (χ3v) is 4.96. The molecule has 114 valence electrons. The van der Waals surface area contributed by atoms with Crippen LogP contribution in [0.1, 0.15) is 48.9 Å². The highest BCUT2D eigenvalue weighted by molar-refractivity contribution is 5.72. The molecule has 0 saturated carbocycles. The maximum absolute atomic E-state index is 4.67. The van der Waals surface area contributed by atoms with Crippen molar-refractivity contribution in [2.75, 3.05) is 7.05 Å². The van der Waals surface area contributed by atoms with Crippen LogP contribution >= 0.6 is 0 Å². The first-order valence-corrected chi connectivity index (χ1v) is 7.92. The van der Waals surface area contributed by atoms with Gasteiger partial charge in [0.15, 0.2) is 0 Å². The van der Waals surface area contributed by atoms with Crippen molar-refractivity contribution in [2.24, 2.45) is 4.99 Å². The largest absolute Gasteiger partial charge is 0.352 e. The molecule has 2 aromatic carbocycles. The first kappa shape index (κ1) is 14.8. The molecule has 22 heavy (non-hydrogen) atoms. The Balaban J connectivity index is 2.22. The Kier molecular flexibility index (Phi) is 3.56. The van der Waals surface area contributed by atoms with Gasteiger partial charge in [-0.05, 0) is 42.5 Å². The van der Waals surface area contributed by atoms with Gasteiger partial charge in [-0.1, -0.05) is 50.2 Å². The summed E-state index contributed by atoms with van der Waals surface area (Å²) < 4.78 is 0. The van der Waals surface area contributed by atoms with E-state index in [0.29, 0.717) is 5.92 Å². The first-order valence-electron chi connectivity index (χ1n) is 7.92. The molecular formula is C20H24N2. The number of aryl methyl sites for hydroxylation is 1. The Morgan fingerprint density at radius 2 is 1.77 bits per heavy atom. The van der Waals surface area contributed by atoms with Gasteiger partial charge >= 0.3 is 0 Å². The topological polar surface area (TPSA) is 15.6 Å². The van der Waals surface area contributed by atoms with E-state index in [1.165, 1.54) is 22.3 Å². The van der Waals surface area contributed by atoms with Crippen molar-refractivity contribution >= 4 is 12.0 Å². The predicted octanol–water partition coefficient (Wildman–Crippen LogP) is 4.99. The molecule has 0 N–H and O–H groups in total. The number of rotatable bonds is 2. The molecule has 0 amide bonds. The third-order valence-electron chi connectivity index (χ3n) is 4.96. The number of nitrogens with zero attached hydrogens (tertiary/aromatic N) is 2. The monoisotopic (exact) mass is 292 g/mol. The lowest BCUT2D eigenvalue weighted by molar-refractivity contribution is 0.291. The van der Waals surface area contributed by atoms with Gasteiger partial charge in [-0.15, -0.1) is 0 Å². The molecular weight excluding hydrogens is 268 g/mol. The van der Waals surface area contributed by atoms with Crippen molar-refractivity contribution in [3.8, 4) is 0 Å². The molecule has 1 atom stereocenters. The van der Waals surface area contributed by atoms with E-state index in [2.05, 4.69) is 87.1 Å². The summed E-state index contributed by atoms with van der Waals surface area (Å²) in [6.07, 6.45) is 1.96. The van der Waals surface area contributed by atoms with Crippen LogP contribution < -0.4 is 0 Å². The first-order chi connectivity index (χ1) is 10.4. The summed E-state index contributed by atoms with van der Waals surface area (Å²) in [6, 6.07) is 15.4. The van der Waals surface area contributed by atoms with E-state index < -0.39 is 0 Å². The van der Waals surface area contributed by atoms with Crippen molar-refractivity contribution in [3.05, 3.63) is 64.7 Å². The lowest BCUT2D eigenvalue weighted by Crippen LogP contribution is -2.43. The highest BCUT2D eigenvalue weighted by atomic mass is 15.2. The molecule has 2 nitrogen and oxygen atoms in total. The number of hydrogen-bond donors (Lipinski definition) is 0. The van der Waals surface area contributed by atoms with Gasteiger partial charge in [-0.2, -0.15) is 0 Å². The Bertz CT molecular complexity index is 730. The molecule has 2 aromatic rings. The summed E-state index contributed by atoms with van der Waals surface area (Å²) in [5.74, 6) is 0.518. The fourth-order valence-corrected chi connectivity index (χ4v) is 3.33. The van der Waals surface area contributed by atoms with Crippen LogP contribution in [0, 0.1) is 6.92 Å². The fourth-order valence-electron chi connectivity index (χ4n) is 3.33. The molecule has 1 unspecified atom stereocenters. The zero-order valence-electron chi connectivity index (χ0n) is 14.1. The van der Waals surface area contributed by atoms with E-state index in [0.717, 1.165) is 5.69 Å². The molecule has 0 radical (unpaired) electrons. The number of fused-ring (bicyclic) bond motifs is 1. The van der Waals surface area contributed by atoms with Crippen LogP contribution in [0.25, 0.3) is 0 Å². The number of benzene rings is 2. The van der Waals surface area contributed by atoms with Gasteiger partial charge in [0, 0.05) is 12.6 Å². The van der Waals surface area contributed by atoms with Gasteiger partial charge in [0.05, 0.1) is 17.6 Å². The highest BCUT2D eigenvalue weighted by Gasteiger charge is 2.37. The van der Waals surface area contributed by atoms with Crippen LogP contribution in [-0.2, 0) is 5.54 Å². The molecule has 0 spiro atoms. The average Bonchev–Trinajstić information content (AvgIpc) is 2.51. The van der Waals surface area contributed by atoms with Gasteiger partial charge in [0.1, 0.15) is 0 Å². The predicted molar refractivity (Wildman–Crippen MR) is 94.1 cm³/mol. The average molecular weight is 292 g/mol. The van der Waals surface area contributed by atoms with E-state index >= 15 is 0 Å². The van der Waals surface area contributed by atoms with Crippen molar-refractivity contribution < 1.29 is 0 Å². The highest BCUT2D eigenvalue weighted by Crippen LogP contribution is 2.43. The second-order valence-electron chi connectivity index (χ2n) is 6.67. The standard InChI is InChI=1S/C20H24N2/c1-14(2)16-10-11-18-19(12-16)21-13-22(5)20(18,4)17-9-7-6-8-15(17)3/h6-14H,1-5H3.